The predicted octanol–water partition coefficient (Wildman–Crippen LogP) is 3.07. The van der Waals surface area contributed by atoms with E-state index >= 15 is 0 Å². The SMILES string of the molecule is CN=C(NCc1cccc(NC(=O)C2CCCO2)c1)NCC1(CCOC)CCCC1. The number of amides is 1. The zero-order chi connectivity index (χ0) is 21.2. The Morgan fingerprint density at radius 1 is 1.27 bits per heavy atom. The predicted molar refractivity (Wildman–Crippen MR) is 120 cm³/mol. The number of rotatable bonds is 9. The topological polar surface area (TPSA) is 84.0 Å². The molecule has 3 N–H and O–H groups in total. The van der Waals surface area contributed by atoms with Crippen LogP contribution in [0.1, 0.15) is 50.5 Å². The first-order chi connectivity index (χ1) is 14.6. The Bertz CT molecular complexity index is 710. The van der Waals surface area contributed by atoms with E-state index in [-0.39, 0.29) is 12.0 Å². The molecule has 1 saturated carbocycles. The number of anilines is 1. The van der Waals surface area contributed by atoms with Gasteiger partial charge in [-0.15, -0.1) is 0 Å². The highest BCUT2D eigenvalue weighted by molar-refractivity contribution is 5.94. The standard InChI is InChI=1S/C23H36N4O3/c1-24-22(26-17-23(12-14-29-2)10-3-4-11-23)25-16-18-7-5-8-19(15-18)27-21(28)20-9-6-13-30-20/h5,7-8,15,20H,3-4,6,9-14,16-17H2,1-2H3,(H,27,28)(H2,24,25,26). The fraction of sp³-hybridized carbons (Fsp3) is 0.652. The van der Waals surface area contributed by atoms with Crippen LogP contribution in [0.25, 0.3) is 0 Å². The smallest absolute Gasteiger partial charge is 0.253 e. The average Bonchev–Trinajstić information content (AvgIpc) is 3.46. The number of methoxy groups -OCH3 is 1. The summed E-state index contributed by atoms with van der Waals surface area (Å²) in [6.45, 7) is 3.01. The van der Waals surface area contributed by atoms with E-state index in [2.05, 4.69) is 20.9 Å². The third kappa shape index (κ3) is 6.44. The Morgan fingerprint density at radius 3 is 2.80 bits per heavy atom. The monoisotopic (exact) mass is 416 g/mol. The minimum absolute atomic E-state index is 0.0620. The minimum Gasteiger partial charge on any atom is -0.385 e. The highest BCUT2D eigenvalue weighted by Crippen LogP contribution is 2.40. The lowest BCUT2D eigenvalue weighted by Crippen LogP contribution is -2.43. The summed E-state index contributed by atoms with van der Waals surface area (Å²) < 4.78 is 10.8. The number of carbonyl (C=O) groups is 1. The number of guanidine groups is 1. The summed E-state index contributed by atoms with van der Waals surface area (Å²) in [7, 11) is 3.57. The first kappa shape index (κ1) is 22.6. The van der Waals surface area contributed by atoms with Gasteiger partial charge in [-0.05, 0) is 55.2 Å². The van der Waals surface area contributed by atoms with Crippen molar-refractivity contribution >= 4 is 17.6 Å². The van der Waals surface area contributed by atoms with Crippen molar-refractivity contribution in [2.24, 2.45) is 10.4 Å². The van der Waals surface area contributed by atoms with Crippen LogP contribution in [-0.2, 0) is 20.8 Å². The van der Waals surface area contributed by atoms with Gasteiger partial charge < -0.3 is 25.4 Å². The zero-order valence-corrected chi connectivity index (χ0v) is 18.3. The number of nitrogens with one attached hydrogen (secondary N) is 3. The third-order valence-electron chi connectivity index (χ3n) is 6.23. The molecule has 1 amide bonds. The number of ether oxygens (including phenoxy) is 2. The molecule has 3 rings (SSSR count). The summed E-state index contributed by atoms with van der Waals surface area (Å²) in [5.74, 6) is 0.737. The quantitative estimate of drug-likeness (QED) is 0.426. The van der Waals surface area contributed by atoms with Gasteiger partial charge in [0, 0.05) is 46.1 Å². The van der Waals surface area contributed by atoms with Crippen molar-refractivity contribution in [3.8, 4) is 0 Å². The number of hydrogen-bond acceptors (Lipinski definition) is 4. The normalized spacial score (nSPS) is 20.9. The molecule has 0 bridgehead atoms. The molecule has 1 saturated heterocycles. The molecule has 166 valence electrons. The number of hydrogen-bond donors (Lipinski definition) is 3. The summed E-state index contributed by atoms with van der Waals surface area (Å²) in [6.07, 6.45) is 7.57. The Kier molecular flexibility index (Phi) is 8.51. The first-order valence-electron chi connectivity index (χ1n) is 11.1. The van der Waals surface area contributed by atoms with Gasteiger partial charge in [-0.25, -0.2) is 0 Å². The Labute approximate surface area is 180 Å². The highest BCUT2D eigenvalue weighted by Gasteiger charge is 2.33. The van der Waals surface area contributed by atoms with Crippen LogP contribution in [0.2, 0.25) is 0 Å². The lowest BCUT2D eigenvalue weighted by Gasteiger charge is -2.30. The van der Waals surface area contributed by atoms with Crippen LogP contribution < -0.4 is 16.0 Å². The van der Waals surface area contributed by atoms with Crippen molar-refractivity contribution in [2.45, 2.75) is 57.6 Å². The van der Waals surface area contributed by atoms with E-state index in [9.17, 15) is 4.79 Å². The van der Waals surface area contributed by atoms with E-state index in [4.69, 9.17) is 9.47 Å². The molecule has 1 aliphatic heterocycles. The Hall–Kier alpha value is -2.12. The molecule has 30 heavy (non-hydrogen) atoms. The summed E-state index contributed by atoms with van der Waals surface area (Å²) in [5.41, 5.74) is 2.18. The van der Waals surface area contributed by atoms with E-state index in [0.717, 1.165) is 49.6 Å². The van der Waals surface area contributed by atoms with Gasteiger partial charge in [0.2, 0.25) is 0 Å². The summed E-state index contributed by atoms with van der Waals surface area (Å²) in [5, 5.41) is 9.86. The fourth-order valence-electron chi connectivity index (χ4n) is 4.40. The van der Waals surface area contributed by atoms with Crippen LogP contribution in [0, 0.1) is 5.41 Å². The number of aliphatic imine (C=N–C) groups is 1. The molecule has 2 fully saturated rings. The van der Waals surface area contributed by atoms with Gasteiger partial charge in [-0.3, -0.25) is 9.79 Å². The first-order valence-corrected chi connectivity index (χ1v) is 11.1. The van der Waals surface area contributed by atoms with Crippen LogP contribution in [0.5, 0.6) is 0 Å². The molecular weight excluding hydrogens is 380 g/mol. The van der Waals surface area contributed by atoms with E-state index in [1.807, 2.05) is 24.3 Å². The maximum absolute atomic E-state index is 12.3. The molecule has 1 aliphatic carbocycles. The molecule has 0 aromatic heterocycles. The van der Waals surface area contributed by atoms with Crippen molar-refractivity contribution < 1.29 is 14.3 Å². The molecule has 2 aliphatic rings. The molecule has 1 atom stereocenters. The van der Waals surface area contributed by atoms with Gasteiger partial charge >= 0.3 is 0 Å². The lowest BCUT2D eigenvalue weighted by molar-refractivity contribution is -0.124. The maximum atomic E-state index is 12.3. The fourth-order valence-corrected chi connectivity index (χ4v) is 4.40. The van der Waals surface area contributed by atoms with Gasteiger partial charge in [0.1, 0.15) is 6.10 Å². The van der Waals surface area contributed by atoms with Gasteiger partial charge in [-0.2, -0.15) is 0 Å². The van der Waals surface area contributed by atoms with Gasteiger partial charge in [0.05, 0.1) is 0 Å². The van der Waals surface area contributed by atoms with Crippen molar-refractivity contribution in [1.82, 2.24) is 10.6 Å². The van der Waals surface area contributed by atoms with Crippen LogP contribution in [0.3, 0.4) is 0 Å². The maximum Gasteiger partial charge on any atom is 0.253 e. The second kappa shape index (κ2) is 11.3. The van der Waals surface area contributed by atoms with Crippen molar-refractivity contribution in [2.75, 3.05) is 39.2 Å². The second-order valence-electron chi connectivity index (χ2n) is 8.42. The molecule has 1 heterocycles. The van der Waals surface area contributed by atoms with Gasteiger partial charge in [0.25, 0.3) is 5.91 Å². The van der Waals surface area contributed by atoms with Crippen molar-refractivity contribution in [3.05, 3.63) is 29.8 Å². The third-order valence-corrected chi connectivity index (χ3v) is 6.23. The van der Waals surface area contributed by atoms with E-state index in [1.54, 1.807) is 14.2 Å². The van der Waals surface area contributed by atoms with Crippen molar-refractivity contribution in [3.63, 3.8) is 0 Å². The van der Waals surface area contributed by atoms with Gasteiger partial charge in [0.15, 0.2) is 5.96 Å². The Balaban J connectivity index is 1.49. The van der Waals surface area contributed by atoms with Crippen molar-refractivity contribution in [1.29, 1.82) is 0 Å². The molecule has 1 aromatic carbocycles. The molecule has 7 heteroatoms. The molecule has 1 aromatic rings. The average molecular weight is 417 g/mol. The molecule has 0 radical (unpaired) electrons. The molecular formula is C23H36N4O3. The molecule has 0 spiro atoms. The van der Waals surface area contributed by atoms with Gasteiger partial charge in [-0.1, -0.05) is 25.0 Å². The summed E-state index contributed by atoms with van der Waals surface area (Å²) in [6, 6.07) is 7.89. The molecule has 7 nitrogen and oxygen atoms in total. The van der Waals surface area contributed by atoms with Crippen LogP contribution in [-0.4, -0.2) is 51.9 Å². The summed E-state index contributed by atoms with van der Waals surface area (Å²) in [4.78, 5) is 16.6. The Morgan fingerprint density at radius 2 is 2.10 bits per heavy atom. The van der Waals surface area contributed by atoms with Crippen LogP contribution in [0.4, 0.5) is 5.69 Å². The molecule has 1 unspecified atom stereocenters. The largest absolute Gasteiger partial charge is 0.385 e. The zero-order valence-electron chi connectivity index (χ0n) is 18.3. The number of nitrogens with zero attached hydrogens (tertiary/aromatic N) is 1. The highest BCUT2D eigenvalue weighted by atomic mass is 16.5. The minimum atomic E-state index is -0.323. The second-order valence-corrected chi connectivity index (χ2v) is 8.42. The summed E-state index contributed by atoms with van der Waals surface area (Å²) >= 11 is 0. The number of carbonyl (C=O) groups excluding carboxylic acids is 1. The van der Waals surface area contributed by atoms with E-state index < -0.39 is 0 Å². The van der Waals surface area contributed by atoms with Crippen LogP contribution in [0.15, 0.2) is 29.3 Å². The van der Waals surface area contributed by atoms with Crippen LogP contribution >= 0.6 is 0 Å². The van der Waals surface area contributed by atoms with E-state index in [0.29, 0.717) is 18.6 Å². The lowest BCUT2D eigenvalue weighted by atomic mass is 9.83. The van der Waals surface area contributed by atoms with E-state index in [1.165, 1.54) is 25.7 Å². The number of benzene rings is 1.